The molecule has 1 fully saturated rings. The van der Waals surface area contributed by atoms with Gasteiger partial charge in [0.05, 0.1) is 19.3 Å². The minimum absolute atomic E-state index is 0.0424. The number of rotatable bonds is 5. The van der Waals surface area contributed by atoms with Crippen molar-refractivity contribution in [2.45, 2.75) is 19.2 Å². The van der Waals surface area contributed by atoms with Crippen molar-refractivity contribution < 1.29 is 9.53 Å². The van der Waals surface area contributed by atoms with Crippen LogP contribution in [0.15, 0.2) is 42.7 Å². The summed E-state index contributed by atoms with van der Waals surface area (Å²) in [7, 11) is 1.79. The summed E-state index contributed by atoms with van der Waals surface area (Å²) < 4.78 is 6.89. The van der Waals surface area contributed by atoms with E-state index in [-0.39, 0.29) is 12.0 Å². The summed E-state index contributed by atoms with van der Waals surface area (Å²) in [5.74, 6) is 0.0424. The maximum absolute atomic E-state index is 11.8. The van der Waals surface area contributed by atoms with E-state index in [1.807, 2.05) is 29.1 Å². The normalized spacial score (nSPS) is 16.9. The first-order chi connectivity index (χ1) is 9.72. The SMILES string of the molecule is CN(Cc1cnn(Cc2ccccc2)c1)C(=O)C1CO1. The second-order valence-electron chi connectivity index (χ2n) is 5.05. The molecule has 0 spiro atoms. The van der Waals surface area contributed by atoms with E-state index < -0.39 is 0 Å². The highest BCUT2D eigenvalue weighted by Crippen LogP contribution is 2.14. The zero-order chi connectivity index (χ0) is 13.9. The van der Waals surface area contributed by atoms with Crippen LogP contribution < -0.4 is 0 Å². The van der Waals surface area contributed by atoms with E-state index in [4.69, 9.17) is 4.74 Å². The zero-order valence-electron chi connectivity index (χ0n) is 11.4. The number of amides is 1. The first kappa shape index (κ1) is 12.9. The molecule has 1 aromatic heterocycles. The number of likely N-dealkylation sites (N-methyl/N-ethyl adjacent to an activating group) is 1. The van der Waals surface area contributed by atoms with Crippen LogP contribution in [0.5, 0.6) is 0 Å². The van der Waals surface area contributed by atoms with Crippen molar-refractivity contribution in [3.63, 3.8) is 0 Å². The number of hydrogen-bond donors (Lipinski definition) is 0. The molecule has 2 heterocycles. The molecule has 0 bridgehead atoms. The molecule has 2 aromatic rings. The van der Waals surface area contributed by atoms with Crippen molar-refractivity contribution >= 4 is 5.91 Å². The maximum atomic E-state index is 11.8. The van der Waals surface area contributed by atoms with Gasteiger partial charge in [0, 0.05) is 25.4 Å². The summed E-state index contributed by atoms with van der Waals surface area (Å²) in [5, 5.41) is 4.33. The molecule has 0 N–H and O–H groups in total. The Morgan fingerprint density at radius 3 is 2.85 bits per heavy atom. The second kappa shape index (κ2) is 5.46. The first-order valence-corrected chi connectivity index (χ1v) is 6.64. The van der Waals surface area contributed by atoms with E-state index in [0.29, 0.717) is 13.2 Å². The number of carbonyl (C=O) groups excluding carboxylic acids is 1. The third-order valence-electron chi connectivity index (χ3n) is 3.28. The molecule has 3 rings (SSSR count). The third-order valence-corrected chi connectivity index (χ3v) is 3.28. The van der Waals surface area contributed by atoms with Gasteiger partial charge in [-0.1, -0.05) is 30.3 Å². The Kier molecular flexibility index (Phi) is 3.52. The van der Waals surface area contributed by atoms with E-state index in [1.54, 1.807) is 18.1 Å². The Hall–Kier alpha value is -2.14. The highest BCUT2D eigenvalue weighted by atomic mass is 16.6. The predicted molar refractivity (Wildman–Crippen MR) is 74.0 cm³/mol. The van der Waals surface area contributed by atoms with Gasteiger partial charge in [-0.05, 0) is 5.56 Å². The van der Waals surface area contributed by atoms with Crippen molar-refractivity contribution in [1.29, 1.82) is 0 Å². The van der Waals surface area contributed by atoms with Gasteiger partial charge >= 0.3 is 0 Å². The lowest BCUT2D eigenvalue weighted by molar-refractivity contribution is -0.131. The Balaban J connectivity index is 1.60. The molecule has 5 heteroatoms. The molecule has 0 radical (unpaired) electrons. The number of aromatic nitrogens is 2. The summed E-state index contributed by atoms with van der Waals surface area (Å²) >= 11 is 0. The number of carbonyl (C=O) groups is 1. The predicted octanol–water partition coefficient (Wildman–Crippen LogP) is 1.29. The maximum Gasteiger partial charge on any atom is 0.254 e. The van der Waals surface area contributed by atoms with Gasteiger partial charge in [0.2, 0.25) is 0 Å². The van der Waals surface area contributed by atoms with Crippen LogP contribution in [0.4, 0.5) is 0 Å². The van der Waals surface area contributed by atoms with Crippen molar-refractivity contribution in [1.82, 2.24) is 14.7 Å². The third kappa shape index (κ3) is 3.05. The molecule has 0 saturated carbocycles. The van der Waals surface area contributed by atoms with Gasteiger partial charge in [-0.2, -0.15) is 5.10 Å². The van der Waals surface area contributed by atoms with Gasteiger partial charge in [0.25, 0.3) is 5.91 Å². The largest absolute Gasteiger partial charge is 0.363 e. The van der Waals surface area contributed by atoms with Crippen LogP contribution in [0, 0.1) is 0 Å². The molecular weight excluding hydrogens is 254 g/mol. The van der Waals surface area contributed by atoms with Crippen LogP contribution in [0.2, 0.25) is 0 Å². The topological polar surface area (TPSA) is 50.7 Å². The smallest absolute Gasteiger partial charge is 0.254 e. The summed E-state index contributed by atoms with van der Waals surface area (Å²) in [5.41, 5.74) is 2.23. The van der Waals surface area contributed by atoms with Gasteiger partial charge < -0.3 is 9.64 Å². The highest BCUT2D eigenvalue weighted by Gasteiger charge is 2.33. The van der Waals surface area contributed by atoms with E-state index in [1.165, 1.54) is 5.56 Å². The lowest BCUT2D eigenvalue weighted by atomic mass is 10.2. The molecule has 0 aliphatic carbocycles. The molecule has 1 saturated heterocycles. The van der Waals surface area contributed by atoms with E-state index in [0.717, 1.165) is 12.1 Å². The fourth-order valence-corrected chi connectivity index (χ4v) is 2.13. The molecule has 20 heavy (non-hydrogen) atoms. The summed E-state index contributed by atoms with van der Waals surface area (Å²) in [6.45, 7) is 1.86. The van der Waals surface area contributed by atoms with E-state index in [9.17, 15) is 4.79 Å². The molecule has 104 valence electrons. The van der Waals surface area contributed by atoms with Crippen LogP contribution >= 0.6 is 0 Å². The molecule has 1 aliphatic rings. The van der Waals surface area contributed by atoms with Crippen LogP contribution in [0.25, 0.3) is 0 Å². The van der Waals surface area contributed by atoms with Crippen LogP contribution in [-0.2, 0) is 22.6 Å². The van der Waals surface area contributed by atoms with Crippen LogP contribution in [-0.4, -0.2) is 40.3 Å². The monoisotopic (exact) mass is 271 g/mol. The molecular formula is C15H17N3O2. The van der Waals surface area contributed by atoms with Gasteiger partial charge in [-0.25, -0.2) is 0 Å². The van der Waals surface area contributed by atoms with Gasteiger partial charge in [0.15, 0.2) is 6.10 Å². The van der Waals surface area contributed by atoms with Gasteiger partial charge in [-0.15, -0.1) is 0 Å². The molecule has 5 nitrogen and oxygen atoms in total. The van der Waals surface area contributed by atoms with Gasteiger partial charge in [0.1, 0.15) is 0 Å². The van der Waals surface area contributed by atoms with Crippen molar-refractivity contribution in [2.75, 3.05) is 13.7 Å². The molecule has 1 aromatic carbocycles. The van der Waals surface area contributed by atoms with E-state index in [2.05, 4.69) is 17.2 Å². The minimum atomic E-state index is -0.223. The fourth-order valence-electron chi connectivity index (χ4n) is 2.13. The summed E-state index contributed by atoms with van der Waals surface area (Å²) in [4.78, 5) is 13.5. The molecule has 1 aliphatic heterocycles. The Morgan fingerprint density at radius 2 is 2.15 bits per heavy atom. The zero-order valence-corrected chi connectivity index (χ0v) is 11.4. The minimum Gasteiger partial charge on any atom is -0.363 e. The average Bonchev–Trinajstić information content (AvgIpc) is 3.22. The van der Waals surface area contributed by atoms with E-state index >= 15 is 0 Å². The first-order valence-electron chi connectivity index (χ1n) is 6.64. The second-order valence-corrected chi connectivity index (χ2v) is 5.05. The number of nitrogens with zero attached hydrogens (tertiary/aromatic N) is 3. The molecule has 1 amide bonds. The van der Waals surface area contributed by atoms with Crippen molar-refractivity contribution in [3.8, 4) is 0 Å². The fraction of sp³-hybridized carbons (Fsp3) is 0.333. The molecule has 1 unspecified atom stereocenters. The number of ether oxygens (including phenoxy) is 1. The highest BCUT2D eigenvalue weighted by molar-refractivity contribution is 5.82. The van der Waals surface area contributed by atoms with Gasteiger partial charge in [-0.3, -0.25) is 9.48 Å². The summed E-state index contributed by atoms with van der Waals surface area (Å²) in [6, 6.07) is 10.2. The lowest BCUT2D eigenvalue weighted by Crippen LogP contribution is -2.30. The standard InChI is InChI=1S/C15H17N3O2/c1-17(15(19)14-11-20-14)8-13-7-16-18(10-13)9-12-5-3-2-4-6-12/h2-7,10,14H,8-9,11H2,1H3. The van der Waals surface area contributed by atoms with Crippen LogP contribution in [0.1, 0.15) is 11.1 Å². The quantitative estimate of drug-likeness (QED) is 0.770. The summed E-state index contributed by atoms with van der Waals surface area (Å²) in [6.07, 6.45) is 3.56. The number of hydrogen-bond acceptors (Lipinski definition) is 3. The Morgan fingerprint density at radius 1 is 1.40 bits per heavy atom. The van der Waals surface area contributed by atoms with Crippen molar-refractivity contribution in [2.24, 2.45) is 0 Å². The van der Waals surface area contributed by atoms with Crippen molar-refractivity contribution in [3.05, 3.63) is 53.9 Å². The molecule has 1 atom stereocenters. The number of benzene rings is 1. The lowest BCUT2D eigenvalue weighted by Gasteiger charge is -2.14. The Bertz CT molecular complexity index is 590. The number of epoxide rings is 1. The van der Waals surface area contributed by atoms with Crippen LogP contribution in [0.3, 0.4) is 0 Å². The average molecular weight is 271 g/mol. The Labute approximate surface area is 117 Å².